The lowest BCUT2D eigenvalue weighted by Crippen LogP contribution is -2.27. The number of carbonyl (C=O) groups is 1. The van der Waals surface area contributed by atoms with Crippen LogP contribution in [-0.4, -0.2) is 29.3 Å². The molecule has 0 radical (unpaired) electrons. The Morgan fingerprint density at radius 1 is 1.35 bits per heavy atom. The Labute approximate surface area is 123 Å². The molecule has 1 aromatic heterocycles. The van der Waals surface area contributed by atoms with Gasteiger partial charge in [0.25, 0.3) is 5.91 Å². The molecule has 0 atom stereocenters. The van der Waals surface area contributed by atoms with Crippen LogP contribution < -0.4 is 0 Å². The highest BCUT2D eigenvalue weighted by atomic mass is 32.2. The van der Waals surface area contributed by atoms with Crippen LogP contribution in [0.15, 0.2) is 33.7 Å². The topological polar surface area (TPSA) is 46.3 Å². The number of thioether (sulfide) groups is 1. The van der Waals surface area contributed by atoms with Crippen LogP contribution in [-0.2, 0) is 6.54 Å². The lowest BCUT2D eigenvalue weighted by molar-refractivity contribution is 0.0781. The molecule has 0 N–H and O–H groups in total. The number of nitrogens with zero attached hydrogens (tertiary/aromatic N) is 2. The van der Waals surface area contributed by atoms with Crippen LogP contribution in [0, 0.1) is 13.8 Å². The number of aryl methyl sites for hydroxylation is 2. The molecular formula is C15H18N2O2S. The Morgan fingerprint density at radius 3 is 2.70 bits per heavy atom. The van der Waals surface area contributed by atoms with Gasteiger partial charge in [0.05, 0.1) is 6.54 Å². The molecule has 2 rings (SSSR count). The summed E-state index contributed by atoms with van der Waals surface area (Å²) in [6.45, 7) is 4.23. The van der Waals surface area contributed by atoms with E-state index >= 15 is 0 Å². The fraction of sp³-hybridized carbons (Fsp3) is 0.333. The third-order valence-electron chi connectivity index (χ3n) is 3.10. The van der Waals surface area contributed by atoms with Gasteiger partial charge in [0.15, 0.2) is 0 Å². The number of aromatic nitrogens is 1. The van der Waals surface area contributed by atoms with Crippen LogP contribution in [0.5, 0.6) is 0 Å². The van der Waals surface area contributed by atoms with Crippen molar-refractivity contribution in [3.63, 3.8) is 0 Å². The predicted molar refractivity (Wildman–Crippen MR) is 80.0 cm³/mol. The minimum atomic E-state index is -0.000877. The lowest BCUT2D eigenvalue weighted by atomic mass is 10.1. The Bertz CT molecular complexity index is 622. The lowest BCUT2D eigenvalue weighted by Gasteiger charge is -2.17. The summed E-state index contributed by atoms with van der Waals surface area (Å²) in [5, 5.41) is 3.91. The number of hydrogen-bond donors (Lipinski definition) is 0. The summed E-state index contributed by atoms with van der Waals surface area (Å²) in [6, 6.07) is 7.78. The van der Waals surface area contributed by atoms with Crippen molar-refractivity contribution in [3.8, 4) is 0 Å². The smallest absolute Gasteiger partial charge is 0.254 e. The van der Waals surface area contributed by atoms with E-state index in [-0.39, 0.29) is 5.91 Å². The first-order valence-electron chi connectivity index (χ1n) is 6.33. The molecule has 4 nitrogen and oxygen atoms in total. The predicted octanol–water partition coefficient (Wildman–Crippen LogP) is 3.29. The fourth-order valence-electron chi connectivity index (χ4n) is 1.97. The van der Waals surface area contributed by atoms with E-state index < -0.39 is 0 Å². The van der Waals surface area contributed by atoms with E-state index in [9.17, 15) is 4.79 Å². The zero-order chi connectivity index (χ0) is 14.7. The first-order chi connectivity index (χ1) is 9.51. The van der Waals surface area contributed by atoms with Gasteiger partial charge in [-0.05, 0) is 37.8 Å². The van der Waals surface area contributed by atoms with Gasteiger partial charge in [-0.25, -0.2) is 0 Å². The van der Waals surface area contributed by atoms with E-state index in [4.69, 9.17) is 4.52 Å². The summed E-state index contributed by atoms with van der Waals surface area (Å²) >= 11 is 1.63. The summed E-state index contributed by atoms with van der Waals surface area (Å²) in [7, 11) is 1.78. The number of amides is 1. The fourth-order valence-corrected chi connectivity index (χ4v) is 2.41. The summed E-state index contributed by atoms with van der Waals surface area (Å²) in [4.78, 5) is 15.2. The van der Waals surface area contributed by atoms with E-state index in [1.807, 2.05) is 44.4 Å². The van der Waals surface area contributed by atoms with Gasteiger partial charge in [0.1, 0.15) is 11.5 Å². The number of rotatable bonds is 4. The molecule has 0 saturated carbocycles. The normalized spacial score (nSPS) is 10.6. The van der Waals surface area contributed by atoms with Crippen LogP contribution in [0.4, 0.5) is 0 Å². The zero-order valence-corrected chi connectivity index (χ0v) is 13.0. The van der Waals surface area contributed by atoms with Crippen LogP contribution in [0.25, 0.3) is 0 Å². The second-order valence-corrected chi connectivity index (χ2v) is 5.65. The molecule has 0 aliphatic rings. The molecule has 0 saturated heterocycles. The van der Waals surface area contributed by atoms with Crippen molar-refractivity contribution in [2.24, 2.45) is 0 Å². The molecule has 0 fully saturated rings. The van der Waals surface area contributed by atoms with E-state index in [0.717, 1.165) is 27.5 Å². The van der Waals surface area contributed by atoms with Crippen molar-refractivity contribution in [2.75, 3.05) is 13.3 Å². The molecule has 0 aliphatic carbocycles. The first kappa shape index (κ1) is 14.7. The average Bonchev–Trinajstić information content (AvgIpc) is 2.84. The Kier molecular flexibility index (Phi) is 4.49. The molecule has 1 heterocycles. The van der Waals surface area contributed by atoms with Gasteiger partial charge in [-0.3, -0.25) is 4.79 Å². The SMILES string of the molecule is CSc1ccc(C)c(C(=O)N(C)Cc2cc(C)on2)c1. The monoisotopic (exact) mass is 290 g/mol. The Morgan fingerprint density at radius 2 is 2.10 bits per heavy atom. The van der Waals surface area contributed by atoms with Gasteiger partial charge in [0, 0.05) is 23.6 Å². The standard InChI is InChI=1S/C15H18N2O2S/c1-10-5-6-13(20-4)8-14(10)15(18)17(3)9-12-7-11(2)19-16-12/h5-8H,9H2,1-4H3. The molecule has 0 spiro atoms. The van der Waals surface area contributed by atoms with Crippen molar-refractivity contribution in [1.29, 1.82) is 0 Å². The van der Waals surface area contributed by atoms with Crippen LogP contribution >= 0.6 is 11.8 Å². The van der Waals surface area contributed by atoms with E-state index in [1.54, 1.807) is 23.7 Å². The molecule has 106 valence electrons. The molecule has 0 bridgehead atoms. The summed E-state index contributed by atoms with van der Waals surface area (Å²) < 4.78 is 5.02. The number of hydrogen-bond acceptors (Lipinski definition) is 4. The first-order valence-corrected chi connectivity index (χ1v) is 7.56. The highest BCUT2D eigenvalue weighted by Crippen LogP contribution is 2.20. The highest BCUT2D eigenvalue weighted by Gasteiger charge is 2.16. The van der Waals surface area contributed by atoms with Crippen molar-refractivity contribution < 1.29 is 9.32 Å². The van der Waals surface area contributed by atoms with Gasteiger partial charge in [-0.1, -0.05) is 11.2 Å². The van der Waals surface area contributed by atoms with Crippen LogP contribution in [0.3, 0.4) is 0 Å². The van der Waals surface area contributed by atoms with E-state index in [0.29, 0.717) is 6.54 Å². The van der Waals surface area contributed by atoms with Gasteiger partial charge in [-0.2, -0.15) is 0 Å². The maximum atomic E-state index is 12.5. The molecule has 0 aliphatic heterocycles. The summed E-state index contributed by atoms with van der Waals surface area (Å²) in [5.41, 5.74) is 2.48. The zero-order valence-electron chi connectivity index (χ0n) is 12.1. The molecule has 2 aromatic rings. The van der Waals surface area contributed by atoms with Crippen LogP contribution in [0.2, 0.25) is 0 Å². The molecule has 1 amide bonds. The highest BCUT2D eigenvalue weighted by molar-refractivity contribution is 7.98. The minimum absolute atomic E-state index is 0.000877. The molecule has 5 heteroatoms. The van der Waals surface area contributed by atoms with Gasteiger partial charge in [-0.15, -0.1) is 11.8 Å². The van der Waals surface area contributed by atoms with Crippen molar-refractivity contribution in [3.05, 3.63) is 46.8 Å². The molecule has 1 aromatic carbocycles. The maximum absolute atomic E-state index is 12.5. The maximum Gasteiger partial charge on any atom is 0.254 e. The van der Waals surface area contributed by atoms with Crippen molar-refractivity contribution in [1.82, 2.24) is 10.1 Å². The molecule has 0 unspecified atom stereocenters. The largest absolute Gasteiger partial charge is 0.361 e. The average molecular weight is 290 g/mol. The molecular weight excluding hydrogens is 272 g/mol. The quantitative estimate of drug-likeness (QED) is 0.811. The van der Waals surface area contributed by atoms with Gasteiger partial charge >= 0.3 is 0 Å². The van der Waals surface area contributed by atoms with Crippen molar-refractivity contribution in [2.45, 2.75) is 25.3 Å². The van der Waals surface area contributed by atoms with Crippen LogP contribution in [0.1, 0.15) is 27.4 Å². The summed E-state index contributed by atoms with van der Waals surface area (Å²) in [6.07, 6.45) is 2.00. The van der Waals surface area contributed by atoms with Gasteiger partial charge < -0.3 is 9.42 Å². The summed E-state index contributed by atoms with van der Waals surface area (Å²) in [5.74, 6) is 0.750. The molecule has 20 heavy (non-hydrogen) atoms. The Hall–Kier alpha value is -1.75. The second-order valence-electron chi connectivity index (χ2n) is 4.77. The van der Waals surface area contributed by atoms with E-state index in [1.165, 1.54) is 0 Å². The number of benzene rings is 1. The van der Waals surface area contributed by atoms with Gasteiger partial charge in [0.2, 0.25) is 0 Å². The second kappa shape index (κ2) is 6.13. The number of carbonyl (C=O) groups excluding carboxylic acids is 1. The van der Waals surface area contributed by atoms with E-state index in [2.05, 4.69) is 5.16 Å². The Balaban J connectivity index is 2.17. The third-order valence-corrected chi connectivity index (χ3v) is 3.82. The van der Waals surface area contributed by atoms with Crippen molar-refractivity contribution >= 4 is 17.7 Å². The minimum Gasteiger partial charge on any atom is -0.361 e. The third kappa shape index (κ3) is 3.22.